The number of pyridine rings is 1. The van der Waals surface area contributed by atoms with E-state index in [4.69, 9.17) is 4.74 Å². The van der Waals surface area contributed by atoms with Crippen molar-refractivity contribution in [2.24, 2.45) is 0 Å². The van der Waals surface area contributed by atoms with Crippen molar-refractivity contribution in [3.8, 4) is 5.88 Å². The molecule has 0 spiro atoms. The van der Waals surface area contributed by atoms with Crippen LogP contribution in [0.1, 0.15) is 25.0 Å². The Bertz CT molecular complexity index is 867. The van der Waals surface area contributed by atoms with Gasteiger partial charge in [-0.1, -0.05) is 36.4 Å². The van der Waals surface area contributed by atoms with Crippen molar-refractivity contribution in [1.82, 2.24) is 4.98 Å². The Morgan fingerprint density at radius 1 is 1.00 bits per heavy atom. The summed E-state index contributed by atoms with van der Waals surface area (Å²) in [6, 6.07) is 17.2. The fraction of sp³-hybridized carbons (Fsp3) is 0.286. The highest BCUT2D eigenvalue weighted by Crippen LogP contribution is 2.35. The number of hydrogen-bond donors (Lipinski definition) is 0. The minimum atomic E-state index is 0.109. The van der Waals surface area contributed by atoms with Crippen LogP contribution in [0.3, 0.4) is 0 Å². The third-order valence-corrected chi connectivity index (χ3v) is 4.55. The van der Waals surface area contributed by atoms with Crippen LogP contribution >= 0.6 is 0 Å². The quantitative estimate of drug-likeness (QED) is 0.706. The minimum Gasteiger partial charge on any atom is -0.474 e. The lowest BCUT2D eigenvalue weighted by Crippen LogP contribution is -2.30. The third-order valence-electron chi connectivity index (χ3n) is 4.55. The molecule has 0 unspecified atom stereocenters. The molecule has 1 aliphatic rings. The van der Waals surface area contributed by atoms with E-state index < -0.39 is 0 Å². The number of anilines is 1. The van der Waals surface area contributed by atoms with Gasteiger partial charge >= 0.3 is 0 Å². The lowest BCUT2D eigenvalue weighted by atomic mass is 9.98. The molecule has 3 aromatic rings. The molecule has 1 aliphatic heterocycles. The van der Waals surface area contributed by atoms with E-state index >= 15 is 0 Å². The Hall–Kier alpha value is -2.55. The molecule has 0 fully saturated rings. The fourth-order valence-corrected chi connectivity index (χ4v) is 3.46. The first kappa shape index (κ1) is 15.0. The van der Waals surface area contributed by atoms with E-state index in [9.17, 15) is 0 Å². The molecule has 3 nitrogen and oxygen atoms in total. The number of fused-ring (bicyclic) bond motifs is 2. The van der Waals surface area contributed by atoms with Crippen LogP contribution < -0.4 is 9.64 Å². The highest BCUT2D eigenvalue weighted by Gasteiger charge is 2.20. The normalized spacial score (nSPS) is 14.0. The number of hydrogen-bond acceptors (Lipinski definition) is 3. The standard InChI is InChI=1S/C21H22N2O/c1-15(2)24-21-20-17(10-12-22-21)8-5-9-19(20)23-13-11-16-6-3-4-7-18(16)14-23/h3-10,12,15H,11,13-14H2,1-2H3. The van der Waals surface area contributed by atoms with Gasteiger partial charge in [-0.05, 0) is 48.9 Å². The lowest BCUT2D eigenvalue weighted by Gasteiger charge is -2.32. The highest BCUT2D eigenvalue weighted by molar-refractivity contribution is 5.98. The van der Waals surface area contributed by atoms with Crippen molar-refractivity contribution in [2.75, 3.05) is 11.4 Å². The van der Waals surface area contributed by atoms with Gasteiger partial charge in [-0.15, -0.1) is 0 Å². The number of rotatable bonds is 3. The van der Waals surface area contributed by atoms with Crippen molar-refractivity contribution in [3.05, 3.63) is 65.9 Å². The van der Waals surface area contributed by atoms with Crippen LogP contribution in [0, 0.1) is 0 Å². The van der Waals surface area contributed by atoms with E-state index in [0.717, 1.165) is 30.8 Å². The molecule has 0 saturated heterocycles. The molecule has 0 saturated carbocycles. The molecule has 4 rings (SSSR count). The average Bonchev–Trinajstić information content (AvgIpc) is 2.60. The zero-order valence-corrected chi connectivity index (χ0v) is 14.2. The molecule has 2 aromatic carbocycles. The second-order valence-electron chi connectivity index (χ2n) is 6.60. The van der Waals surface area contributed by atoms with E-state index in [2.05, 4.69) is 58.4 Å². The molecular formula is C21H22N2O. The molecule has 122 valence electrons. The SMILES string of the molecule is CC(C)Oc1nccc2cccc(N3CCc4ccccc4C3)c12. The van der Waals surface area contributed by atoms with Crippen molar-refractivity contribution in [2.45, 2.75) is 32.9 Å². The lowest BCUT2D eigenvalue weighted by molar-refractivity contribution is 0.236. The van der Waals surface area contributed by atoms with Crippen molar-refractivity contribution >= 4 is 16.5 Å². The van der Waals surface area contributed by atoms with Crippen molar-refractivity contribution in [1.29, 1.82) is 0 Å². The van der Waals surface area contributed by atoms with Gasteiger partial charge in [-0.25, -0.2) is 4.98 Å². The zero-order valence-electron chi connectivity index (χ0n) is 14.2. The molecule has 2 heterocycles. The molecule has 0 radical (unpaired) electrons. The summed E-state index contributed by atoms with van der Waals surface area (Å²) in [6.45, 7) is 6.04. The van der Waals surface area contributed by atoms with Gasteiger partial charge in [-0.3, -0.25) is 0 Å². The van der Waals surface area contributed by atoms with Gasteiger partial charge in [0.05, 0.1) is 17.2 Å². The summed E-state index contributed by atoms with van der Waals surface area (Å²) in [6.07, 6.45) is 3.01. The first-order valence-corrected chi connectivity index (χ1v) is 8.58. The Morgan fingerprint density at radius 3 is 2.67 bits per heavy atom. The molecule has 1 aromatic heterocycles. The van der Waals surface area contributed by atoms with Crippen LogP contribution in [-0.4, -0.2) is 17.6 Å². The fourth-order valence-electron chi connectivity index (χ4n) is 3.46. The number of benzene rings is 2. The van der Waals surface area contributed by atoms with Gasteiger partial charge in [0.1, 0.15) is 0 Å². The van der Waals surface area contributed by atoms with Gasteiger partial charge in [0, 0.05) is 19.3 Å². The van der Waals surface area contributed by atoms with Crippen molar-refractivity contribution in [3.63, 3.8) is 0 Å². The van der Waals surface area contributed by atoms with E-state index in [0.29, 0.717) is 0 Å². The maximum Gasteiger partial charge on any atom is 0.223 e. The molecule has 0 bridgehead atoms. The van der Waals surface area contributed by atoms with Gasteiger partial charge in [-0.2, -0.15) is 0 Å². The van der Waals surface area contributed by atoms with Gasteiger partial charge in [0.25, 0.3) is 0 Å². The Kier molecular flexibility index (Phi) is 3.85. The number of nitrogens with zero attached hydrogens (tertiary/aromatic N) is 2. The van der Waals surface area contributed by atoms with Gasteiger partial charge < -0.3 is 9.64 Å². The van der Waals surface area contributed by atoms with E-state index in [1.807, 2.05) is 20.0 Å². The monoisotopic (exact) mass is 318 g/mol. The second-order valence-corrected chi connectivity index (χ2v) is 6.60. The first-order chi connectivity index (χ1) is 11.7. The highest BCUT2D eigenvalue weighted by atomic mass is 16.5. The summed E-state index contributed by atoms with van der Waals surface area (Å²) < 4.78 is 5.99. The summed E-state index contributed by atoms with van der Waals surface area (Å²) >= 11 is 0. The van der Waals surface area contributed by atoms with Gasteiger partial charge in [0.15, 0.2) is 0 Å². The van der Waals surface area contributed by atoms with E-state index in [-0.39, 0.29) is 6.10 Å². The Labute approximate surface area is 142 Å². The minimum absolute atomic E-state index is 0.109. The number of aromatic nitrogens is 1. The predicted octanol–water partition coefficient (Wildman–Crippen LogP) is 4.58. The molecule has 0 atom stereocenters. The van der Waals surface area contributed by atoms with Crippen LogP contribution in [0.2, 0.25) is 0 Å². The molecule has 0 aliphatic carbocycles. The summed E-state index contributed by atoms with van der Waals surface area (Å²) in [4.78, 5) is 6.94. The molecule has 0 N–H and O–H groups in total. The summed E-state index contributed by atoms with van der Waals surface area (Å²) in [7, 11) is 0. The smallest absolute Gasteiger partial charge is 0.223 e. The van der Waals surface area contributed by atoms with Crippen LogP contribution in [-0.2, 0) is 13.0 Å². The van der Waals surface area contributed by atoms with Gasteiger partial charge in [0.2, 0.25) is 5.88 Å². The van der Waals surface area contributed by atoms with Crippen LogP contribution in [0.15, 0.2) is 54.7 Å². The topological polar surface area (TPSA) is 25.4 Å². The predicted molar refractivity (Wildman–Crippen MR) is 98.7 cm³/mol. The summed E-state index contributed by atoms with van der Waals surface area (Å²) in [5.41, 5.74) is 4.09. The summed E-state index contributed by atoms with van der Waals surface area (Å²) in [5.74, 6) is 0.733. The molecular weight excluding hydrogens is 296 g/mol. The Morgan fingerprint density at radius 2 is 1.83 bits per heavy atom. The summed E-state index contributed by atoms with van der Waals surface area (Å²) in [5, 5.41) is 2.30. The molecule has 24 heavy (non-hydrogen) atoms. The maximum absolute atomic E-state index is 5.99. The first-order valence-electron chi connectivity index (χ1n) is 8.58. The maximum atomic E-state index is 5.99. The zero-order chi connectivity index (χ0) is 16.5. The van der Waals surface area contributed by atoms with Crippen LogP contribution in [0.4, 0.5) is 5.69 Å². The van der Waals surface area contributed by atoms with Crippen LogP contribution in [0.5, 0.6) is 5.88 Å². The van der Waals surface area contributed by atoms with Crippen molar-refractivity contribution < 1.29 is 4.74 Å². The van der Waals surface area contributed by atoms with E-state index in [1.54, 1.807) is 0 Å². The number of ether oxygens (including phenoxy) is 1. The third kappa shape index (κ3) is 2.71. The molecule has 0 amide bonds. The molecule has 3 heteroatoms. The second kappa shape index (κ2) is 6.16. The largest absolute Gasteiger partial charge is 0.474 e. The Balaban J connectivity index is 1.80. The van der Waals surface area contributed by atoms with Crippen LogP contribution in [0.25, 0.3) is 10.8 Å². The average molecular weight is 318 g/mol. The van der Waals surface area contributed by atoms with E-state index in [1.165, 1.54) is 22.2 Å².